The number of carbonyl (C=O) groups excluding carboxylic acids is 3. The normalized spacial score (nSPS) is 16.7. The molecule has 0 spiro atoms. The molecule has 0 radical (unpaired) electrons. The van der Waals surface area contributed by atoms with E-state index in [2.05, 4.69) is 5.32 Å². The highest BCUT2D eigenvalue weighted by molar-refractivity contribution is 6.33. The quantitative estimate of drug-likeness (QED) is 0.784. The van der Waals surface area contributed by atoms with Crippen molar-refractivity contribution in [1.29, 1.82) is 0 Å². The first-order valence-electron chi connectivity index (χ1n) is 9.18. The number of urea groups is 1. The van der Waals surface area contributed by atoms with E-state index in [9.17, 15) is 14.4 Å². The summed E-state index contributed by atoms with van der Waals surface area (Å²) in [4.78, 5) is 39.3. The summed E-state index contributed by atoms with van der Waals surface area (Å²) in [6.45, 7) is 2.21. The monoisotopic (exact) mass is 415 g/mol. The van der Waals surface area contributed by atoms with Crippen LogP contribution in [0.15, 0.2) is 48.5 Å². The predicted octanol–water partition coefficient (Wildman–Crippen LogP) is 3.39. The van der Waals surface area contributed by atoms with E-state index in [1.54, 1.807) is 48.2 Å². The maximum atomic E-state index is 12.4. The van der Waals surface area contributed by atoms with Crippen LogP contribution in [0.3, 0.4) is 0 Å². The lowest BCUT2D eigenvalue weighted by atomic mass is 10.1. The van der Waals surface area contributed by atoms with Gasteiger partial charge in [-0.15, -0.1) is 0 Å². The molecule has 2 aromatic carbocycles. The lowest BCUT2D eigenvalue weighted by Gasteiger charge is -2.35. The van der Waals surface area contributed by atoms with Crippen molar-refractivity contribution >= 4 is 35.1 Å². The van der Waals surface area contributed by atoms with Gasteiger partial charge in [0.25, 0.3) is 5.91 Å². The summed E-state index contributed by atoms with van der Waals surface area (Å²) < 4.78 is 5.69. The number of imide groups is 1. The number of hydrogen-bond acceptors (Lipinski definition) is 4. The zero-order valence-corrected chi connectivity index (χ0v) is 17.0. The van der Waals surface area contributed by atoms with Gasteiger partial charge in [-0.2, -0.15) is 0 Å². The molecule has 8 heteroatoms. The van der Waals surface area contributed by atoms with Crippen LogP contribution in [-0.2, 0) is 16.1 Å². The van der Waals surface area contributed by atoms with Gasteiger partial charge in [0.2, 0.25) is 5.91 Å². The van der Waals surface area contributed by atoms with Crippen LogP contribution in [0.2, 0.25) is 5.02 Å². The molecule has 152 valence electrons. The van der Waals surface area contributed by atoms with Gasteiger partial charge in [-0.1, -0.05) is 48.9 Å². The summed E-state index contributed by atoms with van der Waals surface area (Å²) in [5.41, 5.74) is 1.26. The van der Waals surface area contributed by atoms with E-state index in [1.165, 1.54) is 7.05 Å². The summed E-state index contributed by atoms with van der Waals surface area (Å²) in [7, 11) is 1.48. The summed E-state index contributed by atoms with van der Waals surface area (Å²) in [6, 6.07) is 13.8. The number of nitrogens with one attached hydrogen (secondary N) is 1. The Morgan fingerprint density at radius 3 is 2.62 bits per heavy atom. The molecule has 1 heterocycles. The number of benzene rings is 2. The van der Waals surface area contributed by atoms with Crippen LogP contribution in [0.5, 0.6) is 5.75 Å². The third-order valence-corrected chi connectivity index (χ3v) is 4.97. The second-order valence-corrected chi connectivity index (χ2v) is 7.29. The first-order chi connectivity index (χ1) is 13.9. The number of ether oxygens (including phenoxy) is 1. The third kappa shape index (κ3) is 4.86. The number of anilines is 1. The molecule has 1 atom stereocenters. The van der Waals surface area contributed by atoms with Crippen molar-refractivity contribution in [3.8, 4) is 5.75 Å². The van der Waals surface area contributed by atoms with Crippen LogP contribution < -0.4 is 10.1 Å². The largest absolute Gasteiger partial charge is 0.483 e. The number of para-hydroxylation sites is 2. The number of carbonyl (C=O) groups is 3. The number of nitrogens with zero attached hydrogens (tertiary/aromatic N) is 2. The van der Waals surface area contributed by atoms with E-state index in [0.717, 1.165) is 10.5 Å². The van der Waals surface area contributed by atoms with Crippen molar-refractivity contribution in [1.82, 2.24) is 9.80 Å². The molecule has 1 aliphatic heterocycles. The average molecular weight is 416 g/mol. The molecule has 1 fully saturated rings. The molecule has 1 saturated heterocycles. The van der Waals surface area contributed by atoms with Crippen molar-refractivity contribution in [2.75, 3.05) is 25.5 Å². The van der Waals surface area contributed by atoms with Crippen molar-refractivity contribution in [2.45, 2.75) is 13.5 Å². The van der Waals surface area contributed by atoms with Crippen molar-refractivity contribution < 1.29 is 19.1 Å². The van der Waals surface area contributed by atoms with Crippen LogP contribution >= 0.6 is 11.6 Å². The van der Waals surface area contributed by atoms with Crippen LogP contribution in [-0.4, -0.2) is 47.8 Å². The molecule has 1 aliphatic rings. The van der Waals surface area contributed by atoms with Crippen LogP contribution in [0, 0.1) is 5.92 Å². The number of rotatable bonds is 6. The minimum Gasteiger partial charge on any atom is -0.483 e. The molecule has 7 nitrogen and oxygen atoms in total. The van der Waals surface area contributed by atoms with Crippen molar-refractivity contribution in [3.63, 3.8) is 0 Å². The van der Waals surface area contributed by atoms with Crippen molar-refractivity contribution in [2.24, 2.45) is 5.92 Å². The van der Waals surface area contributed by atoms with E-state index < -0.39 is 0 Å². The van der Waals surface area contributed by atoms with Gasteiger partial charge in [0.1, 0.15) is 5.75 Å². The Kier molecular flexibility index (Phi) is 6.39. The molecule has 1 unspecified atom stereocenters. The first kappa shape index (κ1) is 20.7. The van der Waals surface area contributed by atoms with E-state index in [4.69, 9.17) is 16.3 Å². The smallest absolute Gasteiger partial charge is 0.326 e. The molecule has 0 aliphatic carbocycles. The predicted molar refractivity (Wildman–Crippen MR) is 110 cm³/mol. The van der Waals surface area contributed by atoms with Crippen LogP contribution in [0.4, 0.5) is 10.5 Å². The minimum absolute atomic E-state index is 0.188. The highest BCUT2D eigenvalue weighted by Gasteiger charge is 2.34. The fourth-order valence-corrected chi connectivity index (χ4v) is 3.31. The number of halogens is 1. The van der Waals surface area contributed by atoms with Gasteiger partial charge in [-0.3, -0.25) is 14.5 Å². The fraction of sp³-hybridized carbons (Fsp3) is 0.286. The Hall–Kier alpha value is -3.06. The molecule has 4 amide bonds. The highest BCUT2D eigenvalue weighted by Crippen LogP contribution is 2.24. The molecule has 1 N–H and O–H groups in total. The Morgan fingerprint density at radius 2 is 1.86 bits per heavy atom. The zero-order valence-electron chi connectivity index (χ0n) is 16.2. The Labute approximate surface area is 174 Å². The van der Waals surface area contributed by atoms with Gasteiger partial charge in [-0.05, 0) is 18.2 Å². The van der Waals surface area contributed by atoms with Crippen LogP contribution in [0.25, 0.3) is 0 Å². The van der Waals surface area contributed by atoms with Gasteiger partial charge in [0.05, 0.1) is 23.2 Å². The molecular formula is C21H22ClN3O4. The Bertz CT molecular complexity index is 934. The molecule has 29 heavy (non-hydrogen) atoms. The standard InChI is InChI=1S/C21H22ClN3O4/c1-14-11-25(21(28)24(2)20(14)27)12-15-7-3-6-10-18(15)29-13-19(26)23-17-9-5-4-8-16(17)22/h3-10,14H,11-13H2,1-2H3,(H,23,26). The molecule has 0 aromatic heterocycles. The van der Waals surface area contributed by atoms with E-state index in [1.807, 2.05) is 12.1 Å². The zero-order chi connectivity index (χ0) is 21.0. The van der Waals surface area contributed by atoms with Crippen molar-refractivity contribution in [3.05, 3.63) is 59.1 Å². The SMILES string of the molecule is CC1CN(Cc2ccccc2OCC(=O)Nc2ccccc2Cl)C(=O)N(C)C1=O. The lowest BCUT2D eigenvalue weighted by molar-refractivity contribution is -0.134. The highest BCUT2D eigenvalue weighted by atomic mass is 35.5. The lowest BCUT2D eigenvalue weighted by Crippen LogP contribution is -2.53. The van der Waals surface area contributed by atoms with E-state index in [-0.39, 0.29) is 36.9 Å². The Morgan fingerprint density at radius 1 is 1.17 bits per heavy atom. The third-order valence-electron chi connectivity index (χ3n) is 4.64. The van der Waals surface area contributed by atoms with Gasteiger partial charge in [0, 0.05) is 19.2 Å². The topological polar surface area (TPSA) is 79.0 Å². The summed E-state index contributed by atoms with van der Waals surface area (Å²) in [5, 5.41) is 3.14. The fourth-order valence-electron chi connectivity index (χ4n) is 3.13. The van der Waals surface area contributed by atoms with Crippen LogP contribution in [0.1, 0.15) is 12.5 Å². The summed E-state index contributed by atoms with van der Waals surface area (Å²) in [5.74, 6) is -0.304. The molecule has 3 rings (SSSR count). The Balaban J connectivity index is 1.65. The summed E-state index contributed by atoms with van der Waals surface area (Å²) in [6.07, 6.45) is 0. The molecule has 0 bridgehead atoms. The van der Waals surface area contributed by atoms with Gasteiger partial charge in [-0.25, -0.2) is 4.79 Å². The summed E-state index contributed by atoms with van der Waals surface area (Å²) >= 11 is 6.05. The average Bonchev–Trinajstić information content (AvgIpc) is 2.71. The second kappa shape index (κ2) is 8.96. The van der Waals surface area contributed by atoms with E-state index >= 15 is 0 Å². The maximum Gasteiger partial charge on any atom is 0.326 e. The minimum atomic E-state index is -0.348. The molecule has 0 saturated carbocycles. The number of amides is 4. The number of hydrogen-bond donors (Lipinski definition) is 1. The molecular weight excluding hydrogens is 394 g/mol. The molecule has 2 aromatic rings. The second-order valence-electron chi connectivity index (χ2n) is 6.89. The maximum absolute atomic E-state index is 12.4. The van der Waals surface area contributed by atoms with E-state index in [0.29, 0.717) is 23.0 Å². The van der Waals surface area contributed by atoms with Gasteiger partial charge < -0.3 is 15.0 Å². The van der Waals surface area contributed by atoms with Gasteiger partial charge >= 0.3 is 6.03 Å². The first-order valence-corrected chi connectivity index (χ1v) is 9.56. The van der Waals surface area contributed by atoms with Gasteiger partial charge in [0.15, 0.2) is 6.61 Å².